The zero-order chi connectivity index (χ0) is 13.7. The maximum atomic E-state index is 6.26. The number of benzene rings is 1. The fourth-order valence-electron chi connectivity index (χ4n) is 1.96. The van der Waals surface area contributed by atoms with Crippen LogP contribution in [-0.2, 0) is 13.0 Å². The van der Waals surface area contributed by atoms with Crippen molar-refractivity contribution in [1.82, 2.24) is 4.98 Å². The maximum absolute atomic E-state index is 6.26. The van der Waals surface area contributed by atoms with Gasteiger partial charge >= 0.3 is 0 Å². The van der Waals surface area contributed by atoms with E-state index >= 15 is 0 Å². The van der Waals surface area contributed by atoms with Crippen LogP contribution in [0.3, 0.4) is 0 Å². The summed E-state index contributed by atoms with van der Waals surface area (Å²) < 4.78 is 0. The molecule has 100 valence electrons. The number of nitrogens with zero attached hydrogens (tertiary/aromatic N) is 2. The monoisotopic (exact) mass is 275 g/mol. The van der Waals surface area contributed by atoms with Crippen molar-refractivity contribution in [1.29, 1.82) is 0 Å². The minimum Gasteiger partial charge on any atom is -0.369 e. The molecule has 2 aromatic rings. The summed E-state index contributed by atoms with van der Waals surface area (Å²) in [5, 5.41) is 0.774. The fourth-order valence-corrected chi connectivity index (χ4v) is 2.23. The summed E-state index contributed by atoms with van der Waals surface area (Å²) in [7, 11) is 2.03. The molecule has 0 fully saturated rings. The van der Waals surface area contributed by atoms with Crippen LogP contribution in [-0.4, -0.2) is 18.6 Å². The molecule has 0 atom stereocenters. The second-order valence-electron chi connectivity index (χ2n) is 4.49. The summed E-state index contributed by atoms with van der Waals surface area (Å²) in [6, 6.07) is 12.0. The number of halogens is 1. The molecule has 1 heterocycles. The Labute approximate surface area is 119 Å². The van der Waals surface area contributed by atoms with Gasteiger partial charge in [0.05, 0.1) is 12.2 Å². The van der Waals surface area contributed by atoms with Gasteiger partial charge in [-0.25, -0.2) is 0 Å². The lowest BCUT2D eigenvalue weighted by Gasteiger charge is -2.19. The van der Waals surface area contributed by atoms with E-state index in [2.05, 4.69) is 16.0 Å². The van der Waals surface area contributed by atoms with Crippen molar-refractivity contribution in [3.8, 4) is 0 Å². The highest BCUT2D eigenvalue weighted by Gasteiger charge is 2.06. The van der Waals surface area contributed by atoms with Gasteiger partial charge in [-0.1, -0.05) is 23.7 Å². The molecule has 4 heteroatoms. The van der Waals surface area contributed by atoms with E-state index in [9.17, 15) is 0 Å². The van der Waals surface area contributed by atoms with E-state index in [0.717, 1.165) is 34.9 Å². The summed E-state index contributed by atoms with van der Waals surface area (Å²) in [6.45, 7) is 1.37. The number of rotatable bonds is 5. The average Bonchev–Trinajstić information content (AvgIpc) is 2.42. The maximum Gasteiger partial charge on any atom is 0.0598 e. The van der Waals surface area contributed by atoms with Crippen LogP contribution >= 0.6 is 11.6 Å². The highest BCUT2D eigenvalue weighted by Crippen LogP contribution is 2.24. The number of anilines is 1. The van der Waals surface area contributed by atoms with Gasteiger partial charge in [-0.2, -0.15) is 0 Å². The van der Waals surface area contributed by atoms with Crippen molar-refractivity contribution in [2.24, 2.45) is 5.73 Å². The zero-order valence-electron chi connectivity index (χ0n) is 11.0. The fraction of sp³-hybridized carbons (Fsp3) is 0.267. The SMILES string of the molecule is CN(Cc1ccccn1)c1ccc(CCN)c(Cl)c1. The van der Waals surface area contributed by atoms with Crippen LogP contribution < -0.4 is 10.6 Å². The van der Waals surface area contributed by atoms with E-state index < -0.39 is 0 Å². The summed E-state index contributed by atoms with van der Waals surface area (Å²) in [5.74, 6) is 0. The highest BCUT2D eigenvalue weighted by molar-refractivity contribution is 6.31. The van der Waals surface area contributed by atoms with E-state index in [4.69, 9.17) is 17.3 Å². The van der Waals surface area contributed by atoms with Crippen LogP contribution in [0.5, 0.6) is 0 Å². The molecule has 0 radical (unpaired) electrons. The van der Waals surface area contributed by atoms with Gasteiger partial charge in [0.2, 0.25) is 0 Å². The molecule has 1 aromatic heterocycles. The van der Waals surface area contributed by atoms with Gasteiger partial charge < -0.3 is 10.6 Å². The molecule has 0 bridgehead atoms. The summed E-state index contributed by atoms with van der Waals surface area (Å²) in [4.78, 5) is 6.45. The Morgan fingerprint density at radius 1 is 1.26 bits per heavy atom. The van der Waals surface area contributed by atoms with E-state index in [1.807, 2.05) is 37.4 Å². The van der Waals surface area contributed by atoms with Crippen molar-refractivity contribution in [2.45, 2.75) is 13.0 Å². The number of nitrogens with two attached hydrogens (primary N) is 1. The topological polar surface area (TPSA) is 42.2 Å². The van der Waals surface area contributed by atoms with Gasteiger partial charge in [0.1, 0.15) is 0 Å². The number of aromatic nitrogens is 1. The standard InChI is InChI=1S/C15H18ClN3/c1-19(11-13-4-2-3-9-18-13)14-6-5-12(7-8-17)15(16)10-14/h2-6,9-10H,7-8,11,17H2,1H3. The predicted octanol–water partition coefficient (Wildman–Crippen LogP) is 2.87. The van der Waals surface area contributed by atoms with Crippen LogP contribution in [0.15, 0.2) is 42.6 Å². The lowest BCUT2D eigenvalue weighted by Crippen LogP contribution is -2.17. The summed E-state index contributed by atoms with van der Waals surface area (Å²) >= 11 is 6.26. The van der Waals surface area contributed by atoms with Gasteiger partial charge in [-0.3, -0.25) is 4.98 Å². The van der Waals surface area contributed by atoms with Gasteiger partial charge in [-0.15, -0.1) is 0 Å². The summed E-state index contributed by atoms with van der Waals surface area (Å²) in [6.07, 6.45) is 2.61. The van der Waals surface area contributed by atoms with Crippen molar-refractivity contribution in [3.63, 3.8) is 0 Å². The molecule has 0 aliphatic carbocycles. The van der Waals surface area contributed by atoms with E-state index in [1.165, 1.54) is 0 Å². The molecule has 0 aliphatic heterocycles. The predicted molar refractivity (Wildman–Crippen MR) is 80.6 cm³/mol. The lowest BCUT2D eigenvalue weighted by molar-refractivity contribution is 0.883. The largest absolute Gasteiger partial charge is 0.369 e. The smallest absolute Gasteiger partial charge is 0.0598 e. The first-order chi connectivity index (χ1) is 9.20. The Hall–Kier alpha value is -1.58. The van der Waals surface area contributed by atoms with Crippen molar-refractivity contribution >= 4 is 17.3 Å². The third-order valence-electron chi connectivity index (χ3n) is 3.02. The minimum absolute atomic E-state index is 0.614. The van der Waals surface area contributed by atoms with Crippen LogP contribution in [0.1, 0.15) is 11.3 Å². The van der Waals surface area contributed by atoms with E-state index in [-0.39, 0.29) is 0 Å². The number of hydrogen-bond donors (Lipinski definition) is 1. The number of pyridine rings is 1. The van der Waals surface area contributed by atoms with E-state index in [1.54, 1.807) is 6.20 Å². The molecule has 3 nitrogen and oxygen atoms in total. The third-order valence-corrected chi connectivity index (χ3v) is 3.37. The molecule has 0 aliphatic rings. The molecule has 0 spiro atoms. The first kappa shape index (κ1) is 13.8. The van der Waals surface area contributed by atoms with Gasteiger partial charge in [-0.05, 0) is 42.8 Å². The van der Waals surface area contributed by atoms with Crippen molar-refractivity contribution < 1.29 is 0 Å². The second-order valence-corrected chi connectivity index (χ2v) is 4.90. The minimum atomic E-state index is 0.614. The Kier molecular flexibility index (Phi) is 4.77. The van der Waals surface area contributed by atoms with Gasteiger partial charge in [0.25, 0.3) is 0 Å². The Balaban J connectivity index is 2.11. The molecule has 0 saturated carbocycles. The van der Waals surface area contributed by atoms with Gasteiger partial charge in [0.15, 0.2) is 0 Å². The van der Waals surface area contributed by atoms with Gasteiger partial charge in [0, 0.05) is 24.0 Å². The van der Waals surface area contributed by atoms with Crippen molar-refractivity contribution in [2.75, 3.05) is 18.5 Å². The highest BCUT2D eigenvalue weighted by atomic mass is 35.5. The number of hydrogen-bond acceptors (Lipinski definition) is 3. The Morgan fingerprint density at radius 3 is 2.74 bits per heavy atom. The second kappa shape index (κ2) is 6.55. The lowest BCUT2D eigenvalue weighted by atomic mass is 10.1. The van der Waals surface area contributed by atoms with Crippen LogP contribution in [0.2, 0.25) is 5.02 Å². The molecule has 1 aromatic carbocycles. The normalized spacial score (nSPS) is 10.5. The molecular formula is C15H18ClN3. The molecule has 0 amide bonds. The van der Waals surface area contributed by atoms with Crippen LogP contribution in [0.25, 0.3) is 0 Å². The molecule has 0 saturated heterocycles. The van der Waals surface area contributed by atoms with Crippen molar-refractivity contribution in [3.05, 3.63) is 58.9 Å². The first-order valence-corrected chi connectivity index (χ1v) is 6.68. The van der Waals surface area contributed by atoms with Crippen LogP contribution in [0.4, 0.5) is 5.69 Å². The van der Waals surface area contributed by atoms with Crippen LogP contribution in [0, 0.1) is 0 Å². The Morgan fingerprint density at radius 2 is 2.11 bits per heavy atom. The molecule has 2 N–H and O–H groups in total. The molecule has 0 unspecified atom stereocenters. The van der Waals surface area contributed by atoms with E-state index in [0.29, 0.717) is 6.54 Å². The average molecular weight is 276 g/mol. The first-order valence-electron chi connectivity index (χ1n) is 6.30. The zero-order valence-corrected chi connectivity index (χ0v) is 11.8. The summed E-state index contributed by atoms with van der Waals surface area (Å²) in [5.41, 5.74) is 8.76. The molecule has 19 heavy (non-hydrogen) atoms. The Bertz CT molecular complexity index is 528. The molecular weight excluding hydrogens is 258 g/mol. The quantitative estimate of drug-likeness (QED) is 0.912. The molecule has 2 rings (SSSR count). The third kappa shape index (κ3) is 3.69.